The van der Waals surface area contributed by atoms with Gasteiger partial charge in [-0.05, 0) is 36.8 Å². The number of carbonyl (C=O) groups is 1. The van der Waals surface area contributed by atoms with Crippen LogP contribution in [0, 0.1) is 18.3 Å². The Hall–Kier alpha value is -3.80. The minimum atomic E-state index is -2.96. The van der Waals surface area contributed by atoms with Crippen molar-refractivity contribution in [3.63, 3.8) is 0 Å². The number of carbonyl (C=O) groups excluding carboxylic acids is 1. The molecule has 1 aromatic carbocycles. The molecule has 0 saturated heterocycles. The fourth-order valence-electron chi connectivity index (χ4n) is 2.67. The number of aryl methyl sites for hydroxylation is 1. The third-order valence-corrected chi connectivity index (χ3v) is 4.02. The summed E-state index contributed by atoms with van der Waals surface area (Å²) in [6.07, 6.45) is 3.14. The molecule has 9 heteroatoms. The number of nitriles is 1. The number of fused-ring (bicyclic) bond motifs is 1. The lowest BCUT2D eigenvalue weighted by Gasteiger charge is -2.13. The predicted molar refractivity (Wildman–Crippen MR) is 104 cm³/mol. The van der Waals surface area contributed by atoms with Crippen molar-refractivity contribution in [2.75, 3.05) is 17.2 Å². The van der Waals surface area contributed by atoms with E-state index in [9.17, 15) is 18.8 Å². The summed E-state index contributed by atoms with van der Waals surface area (Å²) in [5.74, 6) is 0.143. The van der Waals surface area contributed by atoms with Gasteiger partial charge in [0.05, 0.1) is 16.8 Å². The molecule has 0 aliphatic rings. The van der Waals surface area contributed by atoms with E-state index in [1.807, 2.05) is 19.1 Å². The first-order chi connectivity index (χ1) is 14.0. The zero-order chi connectivity index (χ0) is 20.8. The van der Waals surface area contributed by atoms with Crippen molar-refractivity contribution in [3.8, 4) is 11.8 Å². The molecule has 0 spiro atoms. The van der Waals surface area contributed by atoms with Crippen LogP contribution in [0.25, 0.3) is 10.9 Å². The smallest absolute Gasteiger partial charge is 0.387 e. The minimum Gasteiger partial charge on any atom is -0.435 e. The number of halogens is 2. The highest BCUT2D eigenvalue weighted by Crippen LogP contribution is 2.29. The SMILES string of the molecule is Cc1ccc(NC(=O)CCNc2c(C#N)cnc3ccc(OC(F)F)cc23)nc1. The molecule has 0 unspecified atom stereocenters. The van der Waals surface area contributed by atoms with E-state index in [2.05, 4.69) is 25.3 Å². The van der Waals surface area contributed by atoms with Crippen molar-refractivity contribution in [3.05, 3.63) is 53.9 Å². The van der Waals surface area contributed by atoms with E-state index in [0.717, 1.165) is 5.56 Å². The van der Waals surface area contributed by atoms with Crippen LogP contribution in [0.2, 0.25) is 0 Å². The summed E-state index contributed by atoms with van der Waals surface area (Å²) in [4.78, 5) is 20.4. The van der Waals surface area contributed by atoms with Crippen molar-refractivity contribution >= 4 is 28.3 Å². The van der Waals surface area contributed by atoms with Crippen LogP contribution in [0.3, 0.4) is 0 Å². The van der Waals surface area contributed by atoms with Gasteiger partial charge in [-0.15, -0.1) is 0 Å². The lowest BCUT2D eigenvalue weighted by molar-refractivity contribution is -0.116. The monoisotopic (exact) mass is 397 g/mol. The molecule has 0 radical (unpaired) electrons. The molecule has 3 aromatic rings. The molecular weight excluding hydrogens is 380 g/mol. The molecule has 0 atom stereocenters. The van der Waals surface area contributed by atoms with Crippen LogP contribution in [0.15, 0.2) is 42.7 Å². The van der Waals surface area contributed by atoms with Crippen LogP contribution in [0.1, 0.15) is 17.5 Å². The number of benzene rings is 1. The molecular formula is C20H17F2N5O2. The van der Waals surface area contributed by atoms with Gasteiger partial charge in [-0.2, -0.15) is 14.0 Å². The molecule has 1 amide bonds. The lowest BCUT2D eigenvalue weighted by Crippen LogP contribution is -2.17. The first kappa shape index (κ1) is 19.9. The maximum atomic E-state index is 12.5. The largest absolute Gasteiger partial charge is 0.435 e. The Bertz CT molecular complexity index is 1060. The van der Waals surface area contributed by atoms with Gasteiger partial charge in [0.1, 0.15) is 17.6 Å². The van der Waals surface area contributed by atoms with Gasteiger partial charge >= 0.3 is 6.61 Å². The van der Waals surface area contributed by atoms with E-state index in [1.54, 1.807) is 12.3 Å². The van der Waals surface area contributed by atoms with E-state index >= 15 is 0 Å². The molecule has 0 aliphatic heterocycles. The number of ether oxygens (including phenoxy) is 1. The predicted octanol–water partition coefficient (Wildman–Crippen LogP) is 3.85. The van der Waals surface area contributed by atoms with Crippen molar-refractivity contribution in [1.82, 2.24) is 9.97 Å². The van der Waals surface area contributed by atoms with Crippen LogP contribution in [-0.4, -0.2) is 29.0 Å². The molecule has 0 aliphatic carbocycles. The number of hydrogen-bond acceptors (Lipinski definition) is 6. The van der Waals surface area contributed by atoms with Gasteiger partial charge < -0.3 is 15.4 Å². The molecule has 29 heavy (non-hydrogen) atoms. The van der Waals surface area contributed by atoms with Gasteiger partial charge in [0.25, 0.3) is 0 Å². The Labute approximate surface area is 165 Å². The molecule has 0 bridgehead atoms. The second-order valence-electron chi connectivity index (χ2n) is 6.16. The van der Waals surface area contributed by atoms with Crippen LogP contribution < -0.4 is 15.4 Å². The first-order valence-electron chi connectivity index (χ1n) is 8.70. The Morgan fingerprint density at radius 1 is 1.24 bits per heavy atom. The standard InChI is InChI=1S/C20H17F2N5O2/c1-12-2-5-17(26-10-12)27-18(28)6-7-24-19-13(9-23)11-25-16-4-3-14(8-15(16)19)29-20(21)22/h2-5,8,10-11,20H,6-7H2,1H3,(H,24,25)(H,26,27,28). The minimum absolute atomic E-state index is 0.0457. The number of amides is 1. The molecule has 2 heterocycles. The number of rotatable bonds is 7. The van der Waals surface area contributed by atoms with Crippen LogP contribution in [-0.2, 0) is 4.79 Å². The normalized spacial score (nSPS) is 10.6. The fourth-order valence-corrected chi connectivity index (χ4v) is 2.67. The molecule has 7 nitrogen and oxygen atoms in total. The number of alkyl halides is 2. The summed E-state index contributed by atoms with van der Waals surface area (Å²) in [6, 6.07) is 9.83. The summed E-state index contributed by atoms with van der Waals surface area (Å²) in [5, 5.41) is 15.5. The lowest BCUT2D eigenvalue weighted by atomic mass is 10.1. The van der Waals surface area contributed by atoms with Gasteiger partial charge in [0.15, 0.2) is 0 Å². The quantitative estimate of drug-likeness (QED) is 0.628. The summed E-state index contributed by atoms with van der Waals surface area (Å²) < 4.78 is 29.4. The summed E-state index contributed by atoms with van der Waals surface area (Å²) in [5.41, 5.74) is 2.11. The van der Waals surface area contributed by atoms with Crippen LogP contribution in [0.4, 0.5) is 20.3 Å². The Morgan fingerprint density at radius 3 is 2.76 bits per heavy atom. The first-order valence-corrected chi connectivity index (χ1v) is 8.70. The van der Waals surface area contributed by atoms with Crippen molar-refractivity contribution in [2.45, 2.75) is 20.0 Å². The summed E-state index contributed by atoms with van der Waals surface area (Å²) in [7, 11) is 0. The highest BCUT2D eigenvalue weighted by atomic mass is 19.3. The fraction of sp³-hybridized carbons (Fsp3) is 0.200. The van der Waals surface area contributed by atoms with Crippen LogP contribution in [0.5, 0.6) is 5.75 Å². The van der Waals surface area contributed by atoms with E-state index in [4.69, 9.17) is 0 Å². The number of nitrogens with one attached hydrogen (secondary N) is 2. The van der Waals surface area contributed by atoms with Crippen molar-refractivity contribution < 1.29 is 18.3 Å². The number of aromatic nitrogens is 2. The van der Waals surface area contributed by atoms with E-state index in [0.29, 0.717) is 22.4 Å². The Morgan fingerprint density at radius 2 is 2.07 bits per heavy atom. The second-order valence-corrected chi connectivity index (χ2v) is 6.16. The molecule has 0 fully saturated rings. The van der Waals surface area contributed by atoms with Gasteiger partial charge in [-0.1, -0.05) is 6.07 Å². The van der Waals surface area contributed by atoms with E-state index in [1.165, 1.54) is 24.4 Å². The van der Waals surface area contributed by atoms with Crippen molar-refractivity contribution in [2.24, 2.45) is 0 Å². The number of hydrogen-bond donors (Lipinski definition) is 2. The summed E-state index contributed by atoms with van der Waals surface area (Å²) in [6.45, 7) is -0.854. The number of anilines is 2. The van der Waals surface area contributed by atoms with Gasteiger partial charge in [-0.3, -0.25) is 9.78 Å². The highest BCUT2D eigenvalue weighted by Gasteiger charge is 2.12. The second kappa shape index (κ2) is 8.93. The Balaban J connectivity index is 1.73. The average molecular weight is 397 g/mol. The zero-order valence-electron chi connectivity index (χ0n) is 15.4. The van der Waals surface area contributed by atoms with E-state index < -0.39 is 6.61 Å². The maximum absolute atomic E-state index is 12.5. The third kappa shape index (κ3) is 5.13. The van der Waals surface area contributed by atoms with Gasteiger partial charge in [0, 0.05) is 30.7 Å². The molecule has 148 valence electrons. The molecule has 2 N–H and O–H groups in total. The Kier molecular flexibility index (Phi) is 6.14. The molecule has 0 saturated carbocycles. The molecule has 2 aromatic heterocycles. The molecule has 3 rings (SSSR count). The van der Waals surface area contributed by atoms with Crippen molar-refractivity contribution in [1.29, 1.82) is 5.26 Å². The van der Waals surface area contributed by atoms with E-state index in [-0.39, 0.29) is 30.2 Å². The zero-order valence-corrected chi connectivity index (χ0v) is 15.4. The van der Waals surface area contributed by atoms with Crippen LogP contribution >= 0.6 is 0 Å². The maximum Gasteiger partial charge on any atom is 0.387 e. The highest BCUT2D eigenvalue weighted by molar-refractivity contribution is 5.95. The topological polar surface area (TPSA) is 99.9 Å². The van der Waals surface area contributed by atoms with Gasteiger partial charge in [0.2, 0.25) is 5.91 Å². The average Bonchev–Trinajstić information content (AvgIpc) is 2.69. The number of pyridine rings is 2. The summed E-state index contributed by atoms with van der Waals surface area (Å²) >= 11 is 0. The third-order valence-electron chi connectivity index (χ3n) is 4.02. The van der Waals surface area contributed by atoms with Gasteiger partial charge in [-0.25, -0.2) is 4.98 Å². The number of nitrogens with zero attached hydrogens (tertiary/aromatic N) is 3.